The van der Waals surface area contributed by atoms with Gasteiger partial charge in [-0.05, 0) is 17.1 Å². The van der Waals surface area contributed by atoms with Gasteiger partial charge in [-0.25, -0.2) is 0 Å². The highest BCUT2D eigenvalue weighted by Crippen LogP contribution is 2.18. The van der Waals surface area contributed by atoms with Gasteiger partial charge in [-0.1, -0.05) is 0 Å². The van der Waals surface area contributed by atoms with Crippen LogP contribution in [0.3, 0.4) is 0 Å². The molecular formula is CH9F3Si5. The van der Waals surface area contributed by atoms with Crippen LogP contribution >= 0.6 is 0 Å². The summed E-state index contributed by atoms with van der Waals surface area (Å²) in [6.07, 6.45) is 0. The van der Waals surface area contributed by atoms with E-state index in [9.17, 15) is 13.2 Å². The molecule has 1 rings (SSSR count). The second kappa shape index (κ2) is 2.86. The molecule has 1 heterocycles. The summed E-state index contributed by atoms with van der Waals surface area (Å²) in [4.78, 5) is 0. The number of hydrogen-bond donors (Lipinski definition) is 0. The lowest BCUT2D eigenvalue weighted by atomic mass is 11.5. The fraction of sp³-hybridized carbons (Fsp3) is 1.00. The molecule has 0 atom stereocenters. The Bertz CT molecular complexity index is 92.9. The quantitative estimate of drug-likeness (QED) is 0.375. The molecule has 0 unspecified atom stereocenters. The van der Waals surface area contributed by atoms with E-state index in [4.69, 9.17) is 0 Å². The Morgan fingerprint density at radius 2 is 1.44 bits per heavy atom. The monoisotopic (exact) mass is 218 g/mol. The summed E-state index contributed by atoms with van der Waals surface area (Å²) in [5.41, 5.74) is 0. The first-order chi connectivity index (χ1) is 4.11. The Kier molecular flexibility index (Phi) is 2.53. The standard InChI is InChI=1S/CH9F3Si5/c2-1(3,4)9-7-5-6-8-9/h9H,5-8H2. The van der Waals surface area contributed by atoms with Gasteiger partial charge in [-0.2, -0.15) is 13.2 Å². The molecule has 9 heavy (non-hydrogen) atoms. The van der Waals surface area contributed by atoms with Crippen molar-refractivity contribution in [1.82, 2.24) is 0 Å². The van der Waals surface area contributed by atoms with Crippen LogP contribution in [0.4, 0.5) is 13.2 Å². The highest BCUT2D eigenvalue weighted by molar-refractivity contribution is 7.80. The molecule has 0 radical (unpaired) electrons. The van der Waals surface area contributed by atoms with E-state index in [2.05, 4.69) is 0 Å². The molecule has 0 saturated carbocycles. The van der Waals surface area contributed by atoms with Crippen LogP contribution < -0.4 is 0 Å². The third-order valence-corrected chi connectivity index (χ3v) is 98.3. The lowest BCUT2D eigenvalue weighted by molar-refractivity contribution is -0.0463. The molecule has 0 N–H and O–H groups in total. The van der Waals surface area contributed by atoms with Crippen LogP contribution in [0.15, 0.2) is 0 Å². The number of rotatable bonds is 0. The van der Waals surface area contributed by atoms with Crippen molar-refractivity contribution in [3.63, 3.8) is 0 Å². The first-order valence-corrected chi connectivity index (χ1v) is 22.3. The minimum Gasteiger partial charge on any atom is -0.178 e. The summed E-state index contributed by atoms with van der Waals surface area (Å²) in [5, 5.41) is 0. The van der Waals surface area contributed by atoms with Gasteiger partial charge in [0, 0.05) is 17.1 Å². The van der Waals surface area contributed by atoms with Crippen LogP contribution in [0.5, 0.6) is 0 Å². The first kappa shape index (κ1) is 7.98. The van der Waals surface area contributed by atoms with E-state index in [0.717, 1.165) is 0 Å². The maximum atomic E-state index is 11.9. The van der Waals surface area contributed by atoms with Crippen molar-refractivity contribution < 1.29 is 13.2 Å². The zero-order valence-corrected chi connectivity index (χ0v) is 11.9. The van der Waals surface area contributed by atoms with E-state index < -0.39 is 13.6 Å². The molecule has 1 aliphatic rings. The van der Waals surface area contributed by atoms with E-state index in [0.29, 0.717) is 0 Å². The highest BCUT2D eigenvalue weighted by atomic mass is 30.1. The summed E-state index contributed by atoms with van der Waals surface area (Å²) < 4.78 is 35.8. The predicted molar refractivity (Wildman–Crippen MR) is 47.4 cm³/mol. The normalized spacial score (nSPS) is 39.7. The molecule has 8 heteroatoms. The molecule has 54 valence electrons. The van der Waals surface area contributed by atoms with Gasteiger partial charge in [0.2, 0.25) is 0 Å². The van der Waals surface area contributed by atoms with E-state index in [-0.39, 0.29) is 34.2 Å². The molecule has 0 aliphatic carbocycles. The molecular weight excluding hydrogens is 209 g/mol. The van der Waals surface area contributed by atoms with Gasteiger partial charge in [0.25, 0.3) is 0 Å². The molecule has 0 aromatic heterocycles. The second-order valence-corrected chi connectivity index (χ2v) is 47.3. The summed E-state index contributed by atoms with van der Waals surface area (Å²) in [6.45, 7) is 0. The third-order valence-electron chi connectivity index (χ3n) is 1.82. The SMILES string of the molecule is FC(F)(F)[SiH]1[SiH2][SiH2][SiH2][SiH2]1. The molecule has 1 fully saturated rings. The van der Waals surface area contributed by atoms with Crippen molar-refractivity contribution in [2.75, 3.05) is 0 Å². The van der Waals surface area contributed by atoms with Crippen LogP contribution in [0.25, 0.3) is 0 Å². The Morgan fingerprint density at radius 1 is 1.00 bits per heavy atom. The van der Waals surface area contributed by atoms with Crippen molar-refractivity contribution in [2.45, 2.75) is 5.80 Å². The van der Waals surface area contributed by atoms with Gasteiger partial charge in [-0.15, -0.1) is 0 Å². The van der Waals surface area contributed by atoms with Crippen LogP contribution in [-0.2, 0) is 0 Å². The Morgan fingerprint density at radius 3 is 1.67 bits per heavy atom. The number of halogens is 3. The molecule has 1 aliphatic heterocycles. The smallest absolute Gasteiger partial charge is 0.178 e. The van der Waals surface area contributed by atoms with Crippen molar-refractivity contribution in [3.05, 3.63) is 0 Å². The van der Waals surface area contributed by atoms with Crippen LogP contribution in [0, 0.1) is 0 Å². The summed E-state index contributed by atoms with van der Waals surface area (Å²) in [6, 6.07) is 0. The summed E-state index contributed by atoms with van der Waals surface area (Å²) in [7, 11) is -2.42. The fourth-order valence-corrected chi connectivity index (χ4v) is 201. The van der Waals surface area contributed by atoms with E-state index >= 15 is 0 Å². The van der Waals surface area contributed by atoms with Crippen LogP contribution in [0.1, 0.15) is 0 Å². The lowest BCUT2D eigenvalue weighted by Gasteiger charge is -2.10. The van der Waals surface area contributed by atoms with Gasteiger partial charge in [0.15, 0.2) is 0 Å². The molecule has 0 nitrogen and oxygen atoms in total. The topological polar surface area (TPSA) is 0 Å². The minimum atomic E-state index is -3.59. The zero-order chi connectivity index (χ0) is 6.91. The summed E-state index contributed by atoms with van der Waals surface area (Å²) >= 11 is 0. The third kappa shape index (κ3) is 2.18. The van der Waals surface area contributed by atoms with Crippen LogP contribution in [-0.4, -0.2) is 47.8 Å². The number of alkyl halides is 3. The largest absolute Gasteiger partial charge is 0.352 e. The Balaban J connectivity index is 2.42. The molecule has 0 aromatic carbocycles. The molecule has 0 amide bonds. The van der Waals surface area contributed by atoms with E-state index in [1.165, 1.54) is 0 Å². The van der Waals surface area contributed by atoms with Gasteiger partial charge >= 0.3 is 5.80 Å². The van der Waals surface area contributed by atoms with Crippen molar-refractivity contribution in [2.24, 2.45) is 0 Å². The van der Waals surface area contributed by atoms with Crippen molar-refractivity contribution in [3.8, 4) is 0 Å². The average Bonchev–Trinajstić information content (AvgIpc) is 2.08. The van der Waals surface area contributed by atoms with Crippen LogP contribution in [0.2, 0.25) is 0 Å². The minimum absolute atomic E-state index is 0.0972. The van der Waals surface area contributed by atoms with E-state index in [1.54, 1.807) is 0 Å². The first-order valence-electron chi connectivity index (χ1n) is 3.17. The van der Waals surface area contributed by atoms with Gasteiger partial charge < -0.3 is 0 Å². The fourth-order valence-electron chi connectivity index (χ4n) is 1.25. The number of hydrogen-bond acceptors (Lipinski definition) is 0. The van der Waals surface area contributed by atoms with Crippen molar-refractivity contribution in [1.29, 1.82) is 0 Å². The summed E-state index contributed by atoms with van der Waals surface area (Å²) in [5.74, 6) is -3.59. The second-order valence-electron chi connectivity index (χ2n) is 2.52. The Hall–Kier alpha value is 0.874. The molecule has 0 bridgehead atoms. The predicted octanol–water partition coefficient (Wildman–Crippen LogP) is -3.26. The maximum absolute atomic E-state index is 11.9. The highest BCUT2D eigenvalue weighted by Gasteiger charge is 2.42. The molecule has 0 aromatic rings. The lowest BCUT2D eigenvalue weighted by Crippen LogP contribution is -2.42. The average molecular weight is 219 g/mol. The Labute approximate surface area is 61.4 Å². The molecule has 1 saturated heterocycles. The van der Waals surface area contributed by atoms with Crippen molar-refractivity contribution >= 4 is 42.1 Å². The van der Waals surface area contributed by atoms with E-state index in [1.807, 2.05) is 0 Å². The molecule has 0 spiro atoms. The van der Waals surface area contributed by atoms with Gasteiger partial charge in [0.1, 0.15) is 7.83 Å². The van der Waals surface area contributed by atoms with Gasteiger partial charge in [-0.3, -0.25) is 0 Å². The maximum Gasteiger partial charge on any atom is 0.352 e. The van der Waals surface area contributed by atoms with Gasteiger partial charge in [0.05, 0.1) is 0 Å². The zero-order valence-electron chi connectivity index (χ0n) is 5.04.